The van der Waals surface area contributed by atoms with Crippen molar-refractivity contribution in [3.8, 4) is 11.8 Å². The van der Waals surface area contributed by atoms with Crippen LogP contribution in [0.3, 0.4) is 0 Å². The Labute approximate surface area is 247 Å². The Morgan fingerprint density at radius 2 is 1.79 bits per heavy atom. The van der Waals surface area contributed by atoms with Gasteiger partial charge in [0.2, 0.25) is 5.91 Å². The number of aromatic nitrogens is 4. The number of halogens is 3. The van der Waals surface area contributed by atoms with Crippen molar-refractivity contribution in [2.45, 2.75) is 76.1 Å². The summed E-state index contributed by atoms with van der Waals surface area (Å²) in [6, 6.07) is 6.92. The van der Waals surface area contributed by atoms with E-state index in [0.29, 0.717) is 49.9 Å². The smallest absolute Gasteiger partial charge is 0.420 e. The van der Waals surface area contributed by atoms with Crippen LogP contribution in [0.2, 0.25) is 0 Å². The van der Waals surface area contributed by atoms with Gasteiger partial charge in [-0.1, -0.05) is 24.1 Å². The standard InChI is InChI=1S/C31H33F3N6O3/c1-29(2,3)43-28(42)39-14-10-22(11-15-39)40-19-20(17-37-40)16-26-36-18-24(31(32,33)34)25(38-26)9-8-21-6-4-5-7-23(21)30(12-13-30)27(35)41/h4-7,17-19,22H,10-16H2,1-3H3,(H2,35,41). The molecule has 3 aromatic rings. The first-order valence-electron chi connectivity index (χ1n) is 14.1. The molecule has 2 aliphatic rings. The number of nitrogens with two attached hydrogens (primary N) is 1. The van der Waals surface area contributed by atoms with Crippen molar-refractivity contribution in [1.82, 2.24) is 24.6 Å². The van der Waals surface area contributed by atoms with E-state index in [1.807, 2.05) is 31.6 Å². The summed E-state index contributed by atoms with van der Waals surface area (Å²) in [5.41, 5.74) is 4.52. The SMILES string of the molecule is CC(C)(C)OC(=O)N1CCC(n2cc(Cc3ncc(C(F)(F)F)c(C#Cc4ccccc4C4(C(N)=O)CC4)n3)cn2)CC1. The van der Waals surface area contributed by atoms with Crippen LogP contribution in [-0.2, 0) is 27.5 Å². The summed E-state index contributed by atoms with van der Waals surface area (Å²) in [6.07, 6.45) is 1.86. The van der Waals surface area contributed by atoms with Gasteiger partial charge in [0.15, 0.2) is 0 Å². The minimum absolute atomic E-state index is 0.0672. The number of carbonyl (C=O) groups excluding carboxylic acids is 2. The summed E-state index contributed by atoms with van der Waals surface area (Å²) < 4.78 is 48.8. The highest BCUT2D eigenvalue weighted by molar-refractivity contribution is 5.90. The second-order valence-electron chi connectivity index (χ2n) is 12.0. The first-order chi connectivity index (χ1) is 20.2. The van der Waals surface area contributed by atoms with Crippen molar-refractivity contribution in [3.05, 3.63) is 76.6 Å². The van der Waals surface area contributed by atoms with Crippen LogP contribution in [0, 0.1) is 11.8 Å². The number of carbonyl (C=O) groups is 2. The number of hydrogen-bond donors (Lipinski definition) is 1. The maximum atomic E-state index is 13.8. The van der Waals surface area contributed by atoms with Gasteiger partial charge in [0.25, 0.3) is 0 Å². The van der Waals surface area contributed by atoms with Crippen LogP contribution in [0.4, 0.5) is 18.0 Å². The maximum Gasteiger partial charge on any atom is 0.420 e. The van der Waals surface area contributed by atoms with Gasteiger partial charge in [-0.15, -0.1) is 0 Å². The Morgan fingerprint density at radius 1 is 1.09 bits per heavy atom. The van der Waals surface area contributed by atoms with Crippen LogP contribution in [0.1, 0.15) is 86.3 Å². The fourth-order valence-corrected chi connectivity index (χ4v) is 5.21. The number of piperidine rings is 1. The van der Waals surface area contributed by atoms with E-state index < -0.39 is 34.4 Å². The molecular weight excluding hydrogens is 561 g/mol. The predicted octanol–water partition coefficient (Wildman–Crippen LogP) is 4.77. The van der Waals surface area contributed by atoms with Crippen molar-refractivity contribution in [1.29, 1.82) is 0 Å². The Bertz CT molecular complexity index is 1590. The van der Waals surface area contributed by atoms with Crippen LogP contribution in [0.25, 0.3) is 0 Å². The van der Waals surface area contributed by atoms with E-state index in [1.54, 1.807) is 35.4 Å². The predicted molar refractivity (Wildman–Crippen MR) is 151 cm³/mol. The molecule has 0 bridgehead atoms. The molecule has 1 aliphatic carbocycles. The second-order valence-corrected chi connectivity index (χ2v) is 12.0. The normalized spacial score (nSPS) is 16.7. The van der Waals surface area contributed by atoms with Crippen LogP contribution in [0.5, 0.6) is 0 Å². The number of primary amides is 1. The molecule has 2 fully saturated rings. The van der Waals surface area contributed by atoms with Gasteiger partial charge >= 0.3 is 12.3 Å². The number of rotatable bonds is 5. The molecule has 2 N–H and O–H groups in total. The molecule has 2 aromatic heterocycles. The highest BCUT2D eigenvalue weighted by atomic mass is 19.4. The lowest BCUT2D eigenvalue weighted by Crippen LogP contribution is -2.42. The van der Waals surface area contributed by atoms with Gasteiger partial charge in [-0.05, 0) is 69.6 Å². The van der Waals surface area contributed by atoms with Crippen molar-refractivity contribution < 1.29 is 27.5 Å². The Balaban J connectivity index is 1.32. The number of benzene rings is 1. The first kappa shape index (κ1) is 30.1. The van der Waals surface area contributed by atoms with Gasteiger partial charge in [-0.3, -0.25) is 9.48 Å². The zero-order valence-corrected chi connectivity index (χ0v) is 24.2. The van der Waals surface area contributed by atoms with Crippen molar-refractivity contribution >= 4 is 12.0 Å². The zero-order chi connectivity index (χ0) is 31.0. The molecule has 9 nitrogen and oxygen atoms in total. The average Bonchev–Trinajstić information content (AvgIpc) is 3.63. The Kier molecular flexibility index (Phi) is 7.94. The third kappa shape index (κ3) is 6.82. The lowest BCUT2D eigenvalue weighted by molar-refractivity contribution is -0.138. The summed E-state index contributed by atoms with van der Waals surface area (Å²) in [7, 11) is 0. The minimum Gasteiger partial charge on any atom is -0.444 e. The van der Waals surface area contributed by atoms with Crippen molar-refractivity contribution in [2.24, 2.45) is 5.73 Å². The first-order valence-corrected chi connectivity index (χ1v) is 14.1. The molecular formula is C31H33F3N6O3. The van der Waals surface area contributed by atoms with Gasteiger partial charge in [-0.25, -0.2) is 14.8 Å². The van der Waals surface area contributed by atoms with Crippen LogP contribution < -0.4 is 5.73 Å². The molecule has 12 heteroatoms. The van der Waals surface area contributed by atoms with E-state index in [0.717, 1.165) is 11.8 Å². The van der Waals surface area contributed by atoms with Crippen LogP contribution >= 0.6 is 0 Å². The van der Waals surface area contributed by atoms with E-state index in [1.165, 1.54) is 0 Å². The number of alkyl halides is 3. The summed E-state index contributed by atoms with van der Waals surface area (Å²) in [5.74, 6) is 5.08. The molecule has 0 spiro atoms. The van der Waals surface area contributed by atoms with Gasteiger partial charge in [0.05, 0.1) is 17.7 Å². The number of hydrogen-bond acceptors (Lipinski definition) is 6. The number of amides is 2. The lowest BCUT2D eigenvalue weighted by Gasteiger charge is -2.33. The lowest BCUT2D eigenvalue weighted by atomic mass is 9.91. The van der Waals surface area contributed by atoms with E-state index in [9.17, 15) is 22.8 Å². The monoisotopic (exact) mass is 594 g/mol. The molecule has 1 aliphatic heterocycles. The molecule has 0 unspecified atom stereocenters. The fourth-order valence-electron chi connectivity index (χ4n) is 5.21. The molecule has 3 heterocycles. The van der Waals surface area contributed by atoms with E-state index in [-0.39, 0.29) is 24.4 Å². The maximum absolute atomic E-state index is 13.8. The zero-order valence-electron chi connectivity index (χ0n) is 24.2. The molecule has 1 saturated carbocycles. The van der Waals surface area contributed by atoms with Crippen molar-refractivity contribution in [3.63, 3.8) is 0 Å². The van der Waals surface area contributed by atoms with Crippen LogP contribution in [0.15, 0.2) is 42.9 Å². The van der Waals surface area contributed by atoms with Crippen LogP contribution in [-0.4, -0.2) is 55.3 Å². The third-order valence-electron chi connectivity index (χ3n) is 7.63. The Morgan fingerprint density at radius 3 is 2.42 bits per heavy atom. The molecule has 1 aromatic carbocycles. The molecule has 5 rings (SSSR count). The van der Waals surface area contributed by atoms with Gasteiger partial charge in [0.1, 0.15) is 22.7 Å². The fraction of sp³-hybridized carbons (Fsp3) is 0.452. The van der Waals surface area contributed by atoms with E-state index in [4.69, 9.17) is 10.5 Å². The summed E-state index contributed by atoms with van der Waals surface area (Å²) in [4.78, 5) is 34.3. The minimum atomic E-state index is -4.70. The molecule has 2 amide bonds. The molecule has 0 atom stereocenters. The molecule has 43 heavy (non-hydrogen) atoms. The highest BCUT2D eigenvalue weighted by Crippen LogP contribution is 2.49. The molecule has 226 valence electrons. The van der Waals surface area contributed by atoms with Gasteiger partial charge < -0.3 is 15.4 Å². The van der Waals surface area contributed by atoms with Crippen molar-refractivity contribution in [2.75, 3.05) is 13.1 Å². The summed E-state index contributed by atoms with van der Waals surface area (Å²) >= 11 is 0. The third-order valence-corrected chi connectivity index (χ3v) is 7.63. The molecule has 1 saturated heterocycles. The summed E-state index contributed by atoms with van der Waals surface area (Å²) in [5, 5.41) is 4.45. The number of likely N-dealkylation sites (tertiary alicyclic amines) is 1. The Hall–Kier alpha value is -4.40. The topological polar surface area (TPSA) is 116 Å². The number of nitrogens with zero attached hydrogens (tertiary/aromatic N) is 5. The van der Waals surface area contributed by atoms with E-state index >= 15 is 0 Å². The largest absolute Gasteiger partial charge is 0.444 e. The van der Waals surface area contributed by atoms with Gasteiger partial charge in [0, 0.05) is 37.5 Å². The molecule has 0 radical (unpaired) electrons. The average molecular weight is 595 g/mol. The summed E-state index contributed by atoms with van der Waals surface area (Å²) in [6.45, 7) is 6.54. The number of ether oxygens (including phenoxy) is 1. The highest BCUT2D eigenvalue weighted by Gasteiger charge is 2.51. The van der Waals surface area contributed by atoms with Gasteiger partial charge in [-0.2, -0.15) is 18.3 Å². The van der Waals surface area contributed by atoms with E-state index in [2.05, 4.69) is 26.9 Å². The second kappa shape index (κ2) is 11.4. The quantitative estimate of drug-likeness (QED) is 0.426.